The van der Waals surface area contributed by atoms with Crippen molar-refractivity contribution in [2.75, 3.05) is 0 Å². The number of benzene rings is 1. The van der Waals surface area contributed by atoms with Gasteiger partial charge in [0.25, 0.3) is 0 Å². The van der Waals surface area contributed by atoms with E-state index in [2.05, 4.69) is 15.1 Å². The maximum absolute atomic E-state index is 11.8. The third-order valence-corrected chi connectivity index (χ3v) is 3.56. The number of Topliss-reactive ketones (excluding diaryl/α,β-unsaturated/α-hetero) is 1. The van der Waals surface area contributed by atoms with Crippen LogP contribution in [0.4, 0.5) is 0 Å². The van der Waals surface area contributed by atoms with Crippen LogP contribution in [0.25, 0.3) is 22.0 Å². The molecule has 0 radical (unpaired) electrons. The van der Waals surface area contributed by atoms with E-state index in [0.29, 0.717) is 17.8 Å². The second-order valence-corrected chi connectivity index (χ2v) is 5.05. The molecule has 0 amide bonds. The Hall–Kier alpha value is -3.09. The summed E-state index contributed by atoms with van der Waals surface area (Å²) < 4.78 is 1.78. The molecule has 0 aliphatic carbocycles. The van der Waals surface area contributed by atoms with Gasteiger partial charge >= 0.3 is 5.97 Å². The van der Waals surface area contributed by atoms with E-state index in [0.717, 1.165) is 16.5 Å². The van der Waals surface area contributed by atoms with Gasteiger partial charge in [0.2, 0.25) is 5.82 Å². The van der Waals surface area contributed by atoms with Crippen molar-refractivity contribution in [3.63, 3.8) is 0 Å². The molecular weight excluding hydrogens is 296 g/mol. The fraction of sp³-hybridized carbons (Fsp3) is 0.188. The number of rotatable bonds is 4. The average molecular weight is 310 g/mol. The summed E-state index contributed by atoms with van der Waals surface area (Å²) in [6, 6.07) is 5.61. The highest BCUT2D eigenvalue weighted by atomic mass is 16.4. The van der Waals surface area contributed by atoms with Gasteiger partial charge in [0.05, 0.1) is 5.52 Å². The fourth-order valence-electron chi connectivity index (χ4n) is 2.45. The monoisotopic (exact) mass is 310 g/mol. The third kappa shape index (κ3) is 2.57. The normalized spacial score (nSPS) is 10.9. The summed E-state index contributed by atoms with van der Waals surface area (Å²) in [6.07, 6.45) is 2.91. The Bertz CT molecular complexity index is 913. The SMILES string of the molecule is CCn1nc(C(C)=O)c2cc(-c3cnc(C(=O)O)nc3)ccc21. The van der Waals surface area contributed by atoms with Crippen LogP contribution in [0.2, 0.25) is 0 Å². The molecule has 1 N–H and O–H groups in total. The van der Waals surface area contributed by atoms with Crippen molar-refractivity contribution in [1.29, 1.82) is 0 Å². The van der Waals surface area contributed by atoms with Crippen molar-refractivity contribution in [1.82, 2.24) is 19.7 Å². The number of hydrogen-bond acceptors (Lipinski definition) is 5. The van der Waals surface area contributed by atoms with Crippen LogP contribution in [0.15, 0.2) is 30.6 Å². The van der Waals surface area contributed by atoms with Crippen LogP contribution in [0.5, 0.6) is 0 Å². The molecule has 3 rings (SSSR count). The Morgan fingerprint density at radius 2 is 1.87 bits per heavy atom. The summed E-state index contributed by atoms with van der Waals surface area (Å²) in [6.45, 7) is 4.11. The zero-order chi connectivity index (χ0) is 16.6. The van der Waals surface area contributed by atoms with Gasteiger partial charge in [-0.25, -0.2) is 14.8 Å². The van der Waals surface area contributed by atoms with Gasteiger partial charge in [0, 0.05) is 36.8 Å². The highest BCUT2D eigenvalue weighted by Crippen LogP contribution is 2.26. The van der Waals surface area contributed by atoms with Gasteiger partial charge in [-0.2, -0.15) is 5.10 Å². The number of ketones is 1. The van der Waals surface area contributed by atoms with Gasteiger partial charge in [-0.1, -0.05) is 6.07 Å². The van der Waals surface area contributed by atoms with Gasteiger partial charge in [0.15, 0.2) is 5.78 Å². The lowest BCUT2D eigenvalue weighted by Crippen LogP contribution is -2.03. The van der Waals surface area contributed by atoms with Crippen LogP contribution in [0.1, 0.15) is 35.0 Å². The number of aromatic nitrogens is 4. The van der Waals surface area contributed by atoms with Gasteiger partial charge < -0.3 is 5.11 Å². The second-order valence-electron chi connectivity index (χ2n) is 5.05. The Kier molecular flexibility index (Phi) is 3.61. The molecule has 0 aliphatic heterocycles. The lowest BCUT2D eigenvalue weighted by molar-refractivity contribution is 0.0683. The summed E-state index contributed by atoms with van der Waals surface area (Å²) in [7, 11) is 0. The molecule has 0 bridgehead atoms. The number of carbonyl (C=O) groups is 2. The minimum atomic E-state index is -1.17. The number of fused-ring (bicyclic) bond motifs is 1. The smallest absolute Gasteiger partial charge is 0.373 e. The van der Waals surface area contributed by atoms with Gasteiger partial charge in [-0.3, -0.25) is 9.48 Å². The molecule has 1 aromatic carbocycles. The van der Waals surface area contributed by atoms with E-state index in [-0.39, 0.29) is 11.6 Å². The van der Waals surface area contributed by atoms with Crippen LogP contribution < -0.4 is 0 Å². The molecule has 2 heterocycles. The summed E-state index contributed by atoms with van der Waals surface area (Å²) in [4.78, 5) is 30.2. The zero-order valence-corrected chi connectivity index (χ0v) is 12.6. The standard InChI is InChI=1S/C16H14N4O3/c1-3-20-13-5-4-10(6-12(13)14(19-20)9(2)21)11-7-17-15(16(22)23)18-8-11/h4-8H,3H2,1-2H3,(H,22,23). The molecule has 7 nitrogen and oxygen atoms in total. The fourth-order valence-corrected chi connectivity index (χ4v) is 2.45. The van der Waals surface area contributed by atoms with Crippen LogP contribution in [-0.4, -0.2) is 36.6 Å². The number of hydrogen-bond donors (Lipinski definition) is 1. The Morgan fingerprint density at radius 3 is 2.43 bits per heavy atom. The van der Waals surface area contributed by atoms with E-state index >= 15 is 0 Å². The quantitative estimate of drug-likeness (QED) is 0.743. The lowest BCUT2D eigenvalue weighted by atomic mass is 10.0. The van der Waals surface area contributed by atoms with E-state index < -0.39 is 5.97 Å². The molecule has 116 valence electrons. The number of nitrogens with zero attached hydrogens (tertiary/aromatic N) is 4. The largest absolute Gasteiger partial charge is 0.475 e. The summed E-state index contributed by atoms with van der Waals surface area (Å²) in [5.41, 5.74) is 2.78. The molecule has 0 aliphatic rings. The van der Waals surface area contributed by atoms with Crippen LogP contribution in [0, 0.1) is 0 Å². The molecule has 3 aromatic rings. The van der Waals surface area contributed by atoms with Crippen molar-refractivity contribution in [3.8, 4) is 11.1 Å². The van der Waals surface area contributed by atoms with E-state index in [4.69, 9.17) is 5.11 Å². The van der Waals surface area contributed by atoms with Crippen molar-refractivity contribution in [2.45, 2.75) is 20.4 Å². The van der Waals surface area contributed by atoms with E-state index in [1.165, 1.54) is 19.3 Å². The predicted molar refractivity (Wildman–Crippen MR) is 83.4 cm³/mol. The molecule has 2 aromatic heterocycles. The first-order valence-electron chi connectivity index (χ1n) is 7.08. The Balaban J connectivity index is 2.14. The van der Waals surface area contributed by atoms with E-state index in [9.17, 15) is 9.59 Å². The summed E-state index contributed by atoms with van der Waals surface area (Å²) in [5, 5.41) is 13.9. The maximum Gasteiger partial charge on any atom is 0.373 e. The molecule has 0 saturated carbocycles. The molecule has 0 spiro atoms. The molecule has 0 atom stereocenters. The predicted octanol–water partition coefficient (Wildman–Crippen LogP) is 2.41. The third-order valence-electron chi connectivity index (χ3n) is 3.56. The van der Waals surface area contributed by atoms with Gasteiger partial charge in [-0.15, -0.1) is 0 Å². The first-order valence-corrected chi connectivity index (χ1v) is 7.08. The Labute approximate surface area is 131 Å². The van der Waals surface area contributed by atoms with Crippen molar-refractivity contribution in [3.05, 3.63) is 42.1 Å². The van der Waals surface area contributed by atoms with Crippen molar-refractivity contribution >= 4 is 22.7 Å². The number of carboxylic acids is 1. The topological polar surface area (TPSA) is 98.0 Å². The van der Waals surface area contributed by atoms with Gasteiger partial charge in [0.1, 0.15) is 5.69 Å². The average Bonchev–Trinajstić information content (AvgIpc) is 2.93. The molecule has 0 fully saturated rings. The number of aromatic carboxylic acids is 1. The highest BCUT2D eigenvalue weighted by molar-refractivity contribution is 6.05. The van der Waals surface area contributed by atoms with Crippen LogP contribution in [-0.2, 0) is 6.54 Å². The van der Waals surface area contributed by atoms with Crippen molar-refractivity contribution in [2.24, 2.45) is 0 Å². The molecule has 0 unspecified atom stereocenters. The minimum Gasteiger partial charge on any atom is -0.475 e. The molecule has 0 saturated heterocycles. The first kappa shape index (κ1) is 14.8. The highest BCUT2D eigenvalue weighted by Gasteiger charge is 2.15. The van der Waals surface area contributed by atoms with Crippen LogP contribution >= 0.6 is 0 Å². The number of aryl methyl sites for hydroxylation is 1. The Morgan fingerprint density at radius 1 is 1.17 bits per heavy atom. The first-order chi connectivity index (χ1) is 11.0. The number of carbonyl (C=O) groups excluding carboxylic acids is 1. The summed E-state index contributed by atoms with van der Waals surface area (Å²) in [5.74, 6) is -1.52. The lowest BCUT2D eigenvalue weighted by Gasteiger charge is -2.03. The summed E-state index contributed by atoms with van der Waals surface area (Å²) >= 11 is 0. The molecular formula is C16H14N4O3. The van der Waals surface area contributed by atoms with E-state index in [1.54, 1.807) is 4.68 Å². The zero-order valence-electron chi connectivity index (χ0n) is 12.6. The molecule has 7 heteroatoms. The van der Waals surface area contributed by atoms with Crippen molar-refractivity contribution < 1.29 is 14.7 Å². The maximum atomic E-state index is 11.8. The minimum absolute atomic E-state index is 0.100. The van der Waals surface area contributed by atoms with Crippen LogP contribution in [0.3, 0.4) is 0 Å². The number of carboxylic acid groups (broad SMARTS) is 1. The molecule has 23 heavy (non-hydrogen) atoms. The second kappa shape index (κ2) is 5.60. The van der Waals surface area contributed by atoms with Gasteiger partial charge in [-0.05, 0) is 24.6 Å². The van der Waals surface area contributed by atoms with E-state index in [1.807, 2.05) is 25.1 Å².